The molecule has 21 heavy (non-hydrogen) atoms. The molecule has 106 valence electrons. The van der Waals surface area contributed by atoms with Crippen LogP contribution in [0.2, 0.25) is 0 Å². The van der Waals surface area contributed by atoms with Gasteiger partial charge in [0.25, 0.3) is 5.69 Å². The monoisotopic (exact) mass is 283 g/mol. The number of fused-ring (bicyclic) bond motifs is 1. The molecule has 6 nitrogen and oxygen atoms in total. The van der Waals surface area contributed by atoms with Crippen LogP contribution < -0.4 is 5.69 Å². The zero-order chi connectivity index (χ0) is 15.0. The fourth-order valence-corrected chi connectivity index (χ4v) is 2.44. The van der Waals surface area contributed by atoms with E-state index in [4.69, 9.17) is 0 Å². The Bertz CT molecular complexity index is 878. The van der Waals surface area contributed by atoms with E-state index in [2.05, 4.69) is 4.98 Å². The standard InChI is InChI=1S/C15H13N3O3/c1-10-7-12-14(13(8-10)18(20)21)16-15(19)17(12)9-11-5-3-2-4-6-11/h2-8H,9H2,1H3,(H,16,19). The van der Waals surface area contributed by atoms with Crippen LogP contribution in [0.25, 0.3) is 11.0 Å². The maximum absolute atomic E-state index is 12.1. The summed E-state index contributed by atoms with van der Waals surface area (Å²) in [6, 6.07) is 12.8. The van der Waals surface area contributed by atoms with Gasteiger partial charge in [-0.1, -0.05) is 30.3 Å². The number of nitrogens with one attached hydrogen (secondary N) is 1. The van der Waals surface area contributed by atoms with E-state index in [0.717, 1.165) is 11.1 Å². The number of rotatable bonds is 3. The van der Waals surface area contributed by atoms with Crippen molar-refractivity contribution in [3.05, 3.63) is 74.2 Å². The largest absolute Gasteiger partial charge is 0.326 e. The molecule has 0 aliphatic rings. The highest BCUT2D eigenvalue weighted by atomic mass is 16.6. The summed E-state index contributed by atoms with van der Waals surface area (Å²) in [4.78, 5) is 25.4. The van der Waals surface area contributed by atoms with Gasteiger partial charge in [-0.2, -0.15) is 0 Å². The van der Waals surface area contributed by atoms with Gasteiger partial charge in [-0.05, 0) is 24.1 Å². The molecular formula is C15H13N3O3. The first-order chi connectivity index (χ1) is 10.1. The summed E-state index contributed by atoms with van der Waals surface area (Å²) < 4.78 is 1.52. The second-order valence-electron chi connectivity index (χ2n) is 4.94. The summed E-state index contributed by atoms with van der Waals surface area (Å²) >= 11 is 0. The van der Waals surface area contributed by atoms with Crippen molar-refractivity contribution in [1.82, 2.24) is 9.55 Å². The summed E-state index contributed by atoms with van der Waals surface area (Å²) in [6.45, 7) is 2.15. The molecule has 0 unspecified atom stereocenters. The number of aryl methyl sites for hydroxylation is 1. The predicted molar refractivity (Wildman–Crippen MR) is 79.5 cm³/mol. The first-order valence-corrected chi connectivity index (χ1v) is 6.48. The Balaban J connectivity index is 2.22. The van der Waals surface area contributed by atoms with Crippen molar-refractivity contribution in [2.45, 2.75) is 13.5 Å². The van der Waals surface area contributed by atoms with E-state index in [9.17, 15) is 14.9 Å². The molecule has 2 aromatic carbocycles. The third kappa shape index (κ3) is 2.31. The zero-order valence-electron chi connectivity index (χ0n) is 11.4. The van der Waals surface area contributed by atoms with E-state index in [-0.39, 0.29) is 16.9 Å². The summed E-state index contributed by atoms with van der Waals surface area (Å²) in [5.41, 5.74) is 2.11. The lowest BCUT2D eigenvalue weighted by atomic mass is 10.2. The highest BCUT2D eigenvalue weighted by Gasteiger charge is 2.18. The predicted octanol–water partition coefficient (Wildman–Crippen LogP) is 2.59. The number of benzene rings is 2. The molecule has 1 heterocycles. The van der Waals surface area contributed by atoms with Gasteiger partial charge in [0.2, 0.25) is 0 Å². The summed E-state index contributed by atoms with van der Waals surface area (Å²) in [7, 11) is 0. The molecule has 0 aliphatic heterocycles. The van der Waals surface area contributed by atoms with Crippen molar-refractivity contribution in [1.29, 1.82) is 0 Å². The quantitative estimate of drug-likeness (QED) is 0.592. The Labute approximate surface area is 119 Å². The number of hydrogen-bond donors (Lipinski definition) is 1. The molecular weight excluding hydrogens is 270 g/mol. The lowest BCUT2D eigenvalue weighted by Crippen LogP contribution is -2.17. The zero-order valence-corrected chi connectivity index (χ0v) is 11.4. The van der Waals surface area contributed by atoms with Gasteiger partial charge in [0.05, 0.1) is 17.0 Å². The average molecular weight is 283 g/mol. The van der Waals surface area contributed by atoms with Crippen molar-refractivity contribution >= 4 is 16.7 Å². The first-order valence-electron chi connectivity index (χ1n) is 6.48. The Morgan fingerprint density at radius 2 is 1.95 bits per heavy atom. The Morgan fingerprint density at radius 3 is 2.62 bits per heavy atom. The maximum Gasteiger partial charge on any atom is 0.326 e. The van der Waals surface area contributed by atoms with Gasteiger partial charge in [-0.15, -0.1) is 0 Å². The van der Waals surface area contributed by atoms with Gasteiger partial charge < -0.3 is 0 Å². The normalized spacial score (nSPS) is 10.9. The molecule has 1 aromatic heterocycles. The molecule has 0 amide bonds. The van der Waals surface area contributed by atoms with Crippen LogP contribution in [0.3, 0.4) is 0 Å². The average Bonchev–Trinajstić information content (AvgIpc) is 2.76. The number of nitrogens with zero attached hydrogens (tertiary/aromatic N) is 2. The number of nitro groups is 1. The van der Waals surface area contributed by atoms with Crippen molar-refractivity contribution in [3.8, 4) is 0 Å². The number of aromatic amines is 1. The molecule has 0 atom stereocenters. The third-order valence-corrected chi connectivity index (χ3v) is 3.39. The first kappa shape index (κ1) is 13.1. The second-order valence-corrected chi connectivity index (χ2v) is 4.94. The van der Waals surface area contributed by atoms with Gasteiger partial charge in [-0.3, -0.25) is 19.7 Å². The van der Waals surface area contributed by atoms with Crippen LogP contribution in [-0.2, 0) is 6.54 Å². The van der Waals surface area contributed by atoms with Gasteiger partial charge in [0.1, 0.15) is 5.52 Å². The number of imidazole rings is 1. The van der Waals surface area contributed by atoms with Gasteiger partial charge >= 0.3 is 5.69 Å². The van der Waals surface area contributed by atoms with Crippen molar-refractivity contribution in [2.75, 3.05) is 0 Å². The Kier molecular flexibility index (Phi) is 3.06. The third-order valence-electron chi connectivity index (χ3n) is 3.39. The topological polar surface area (TPSA) is 80.9 Å². The van der Waals surface area contributed by atoms with E-state index in [1.54, 1.807) is 13.0 Å². The number of non-ortho nitro benzene ring substituents is 1. The molecule has 0 saturated heterocycles. The van der Waals surface area contributed by atoms with Crippen LogP contribution in [0, 0.1) is 17.0 Å². The second kappa shape index (κ2) is 4.90. The highest BCUT2D eigenvalue weighted by Crippen LogP contribution is 2.25. The lowest BCUT2D eigenvalue weighted by Gasteiger charge is -2.04. The van der Waals surface area contributed by atoms with E-state index >= 15 is 0 Å². The number of aromatic nitrogens is 2. The number of hydrogen-bond acceptors (Lipinski definition) is 3. The summed E-state index contributed by atoms with van der Waals surface area (Å²) in [5.74, 6) is 0. The minimum Gasteiger partial charge on any atom is -0.300 e. The minimum absolute atomic E-state index is 0.0751. The van der Waals surface area contributed by atoms with Crippen LogP contribution in [0.5, 0.6) is 0 Å². The fraction of sp³-hybridized carbons (Fsp3) is 0.133. The summed E-state index contributed by atoms with van der Waals surface area (Å²) in [6.07, 6.45) is 0. The van der Waals surface area contributed by atoms with Crippen LogP contribution in [0.4, 0.5) is 5.69 Å². The molecule has 0 saturated carbocycles. The van der Waals surface area contributed by atoms with E-state index in [1.165, 1.54) is 10.6 Å². The van der Waals surface area contributed by atoms with Gasteiger partial charge in [-0.25, -0.2) is 4.79 Å². The maximum atomic E-state index is 12.1. The van der Waals surface area contributed by atoms with Crippen LogP contribution in [0.15, 0.2) is 47.3 Å². The van der Waals surface area contributed by atoms with E-state index < -0.39 is 4.92 Å². The van der Waals surface area contributed by atoms with Gasteiger partial charge in [0, 0.05) is 6.07 Å². The minimum atomic E-state index is -0.474. The molecule has 1 N–H and O–H groups in total. The molecule has 6 heteroatoms. The summed E-state index contributed by atoms with van der Waals surface area (Å²) in [5, 5.41) is 11.1. The fourth-order valence-electron chi connectivity index (χ4n) is 2.44. The number of H-pyrrole nitrogens is 1. The van der Waals surface area contributed by atoms with Gasteiger partial charge in [0.15, 0.2) is 0 Å². The van der Waals surface area contributed by atoms with E-state index in [1.807, 2.05) is 30.3 Å². The molecule has 0 aliphatic carbocycles. The molecule has 0 radical (unpaired) electrons. The van der Waals surface area contributed by atoms with Crippen LogP contribution in [-0.4, -0.2) is 14.5 Å². The Hall–Kier alpha value is -2.89. The SMILES string of the molecule is Cc1cc([N+](=O)[O-])c2[nH]c(=O)n(Cc3ccccc3)c2c1. The molecule has 3 aromatic rings. The van der Waals surface area contributed by atoms with E-state index in [0.29, 0.717) is 12.1 Å². The van der Waals surface area contributed by atoms with Crippen molar-refractivity contribution in [3.63, 3.8) is 0 Å². The highest BCUT2D eigenvalue weighted by molar-refractivity contribution is 5.85. The van der Waals surface area contributed by atoms with Crippen LogP contribution in [0.1, 0.15) is 11.1 Å². The molecule has 3 rings (SSSR count). The Morgan fingerprint density at radius 1 is 1.24 bits per heavy atom. The molecule has 0 bridgehead atoms. The molecule has 0 fully saturated rings. The van der Waals surface area contributed by atoms with Crippen LogP contribution >= 0.6 is 0 Å². The van der Waals surface area contributed by atoms with Crippen molar-refractivity contribution in [2.24, 2.45) is 0 Å². The molecule has 0 spiro atoms. The van der Waals surface area contributed by atoms with Crippen molar-refractivity contribution < 1.29 is 4.92 Å². The number of nitro benzene ring substituents is 1. The smallest absolute Gasteiger partial charge is 0.300 e. The lowest BCUT2D eigenvalue weighted by molar-refractivity contribution is -0.383.